The van der Waals surface area contributed by atoms with Crippen LogP contribution in [-0.4, -0.2) is 54.7 Å². The van der Waals surface area contributed by atoms with Crippen molar-refractivity contribution in [3.8, 4) is 23.1 Å². The lowest BCUT2D eigenvalue weighted by atomic mass is 9.94. The molecule has 4 heterocycles. The van der Waals surface area contributed by atoms with Gasteiger partial charge in [-0.2, -0.15) is 18.3 Å². The summed E-state index contributed by atoms with van der Waals surface area (Å²) in [5.74, 6) is 0.937. The van der Waals surface area contributed by atoms with E-state index in [1.165, 1.54) is 16.8 Å². The Morgan fingerprint density at radius 2 is 1.68 bits per heavy atom. The Labute approximate surface area is 234 Å². The lowest BCUT2D eigenvalue weighted by Crippen LogP contribution is -2.33. The fraction of sp³-hybridized carbons (Fsp3) is 0.345. The molecule has 9 nitrogen and oxygen atoms in total. The third-order valence-corrected chi connectivity index (χ3v) is 7.60. The number of alkyl halides is 3. The van der Waals surface area contributed by atoms with Gasteiger partial charge in [-0.15, -0.1) is 0 Å². The number of aromatic nitrogens is 5. The fourth-order valence-electron chi connectivity index (χ4n) is 5.22. The first-order valence-corrected chi connectivity index (χ1v) is 13.2. The van der Waals surface area contributed by atoms with Crippen LogP contribution in [0.15, 0.2) is 61.1 Å². The van der Waals surface area contributed by atoms with Gasteiger partial charge in [-0.3, -0.25) is 4.79 Å². The molecule has 1 aliphatic carbocycles. The second-order valence-electron chi connectivity index (χ2n) is 11.1. The van der Waals surface area contributed by atoms with Gasteiger partial charge in [-0.05, 0) is 50.6 Å². The van der Waals surface area contributed by atoms with Gasteiger partial charge < -0.3 is 15.4 Å². The molecular formula is C29H28F3N7O2. The number of likely N-dealkylation sites (tertiary alicyclic amines) is 1. The largest absolute Gasteiger partial charge is 0.474 e. The van der Waals surface area contributed by atoms with E-state index < -0.39 is 17.3 Å². The number of aryl methyl sites for hydroxylation is 1. The molecule has 0 bridgehead atoms. The van der Waals surface area contributed by atoms with E-state index in [0.29, 0.717) is 47.4 Å². The van der Waals surface area contributed by atoms with Gasteiger partial charge in [-0.1, -0.05) is 12.1 Å². The highest BCUT2D eigenvalue weighted by atomic mass is 19.4. The fourth-order valence-corrected chi connectivity index (χ4v) is 5.22. The average Bonchev–Trinajstić information content (AvgIpc) is 3.25. The van der Waals surface area contributed by atoms with Crippen LogP contribution in [0.5, 0.6) is 5.88 Å². The molecule has 2 atom stereocenters. The Kier molecular flexibility index (Phi) is 6.33. The number of ether oxygens (including phenoxy) is 1. The van der Waals surface area contributed by atoms with Crippen molar-refractivity contribution in [2.24, 2.45) is 17.6 Å². The number of piperidine rings is 1. The summed E-state index contributed by atoms with van der Waals surface area (Å²) in [5.41, 5.74) is 7.74. The highest BCUT2D eigenvalue weighted by Crippen LogP contribution is 2.48. The lowest BCUT2D eigenvalue weighted by Gasteiger charge is -2.22. The molecule has 212 valence electrons. The van der Waals surface area contributed by atoms with Gasteiger partial charge >= 0.3 is 6.18 Å². The molecule has 2 aliphatic rings. The van der Waals surface area contributed by atoms with Gasteiger partial charge in [0.1, 0.15) is 6.10 Å². The maximum absolute atomic E-state index is 13.3. The van der Waals surface area contributed by atoms with Crippen LogP contribution >= 0.6 is 0 Å². The average molecular weight is 564 g/mol. The van der Waals surface area contributed by atoms with Gasteiger partial charge in [0.2, 0.25) is 11.8 Å². The Morgan fingerprint density at radius 1 is 1.02 bits per heavy atom. The lowest BCUT2D eigenvalue weighted by molar-refractivity contribution is -0.137. The zero-order valence-electron chi connectivity index (χ0n) is 22.6. The smallest absolute Gasteiger partial charge is 0.416 e. The summed E-state index contributed by atoms with van der Waals surface area (Å²) in [5, 5.41) is 4.40. The first-order chi connectivity index (χ1) is 19.4. The first kappa shape index (κ1) is 26.9. The highest BCUT2D eigenvalue weighted by molar-refractivity contribution is 5.95. The number of hydrogen-bond acceptors (Lipinski definition) is 7. The number of nitrogens with two attached hydrogens (primary N) is 1. The number of carbonyl (C=O) groups excluding carboxylic acids is 1. The van der Waals surface area contributed by atoms with E-state index >= 15 is 0 Å². The van der Waals surface area contributed by atoms with Crippen LogP contribution in [0.3, 0.4) is 0 Å². The number of carbonyl (C=O) groups is 1. The second-order valence-corrected chi connectivity index (χ2v) is 11.1. The maximum atomic E-state index is 13.3. The number of hydrogen-bond donors (Lipinski definition) is 1. The standard InChI is InChI=1S/C29H28F3N7O2/c1-16-20(15-39(37-16)27-34-9-4-10-35-27)26(40)38-13-21-22(14-38)25(21)41-24-12-19(28(2,3)33)11-23(36-24)17-5-7-18(8-6-17)29(30,31)32/h4-12,15,21-22,25H,13-14,33H2,1-3H3. The number of nitrogens with zero attached hydrogens (tertiary/aromatic N) is 6. The normalized spacial score (nSPS) is 20.2. The van der Waals surface area contributed by atoms with Crippen LogP contribution < -0.4 is 10.5 Å². The summed E-state index contributed by atoms with van der Waals surface area (Å²) in [6, 6.07) is 10.1. The topological polar surface area (TPSA) is 112 Å². The molecule has 0 spiro atoms. The van der Waals surface area contributed by atoms with Gasteiger partial charge in [-0.25, -0.2) is 19.6 Å². The van der Waals surface area contributed by atoms with Crippen molar-refractivity contribution in [1.29, 1.82) is 0 Å². The number of benzene rings is 1. The third-order valence-electron chi connectivity index (χ3n) is 7.60. The van der Waals surface area contributed by atoms with Gasteiger partial charge in [0.15, 0.2) is 0 Å². The summed E-state index contributed by atoms with van der Waals surface area (Å²) >= 11 is 0. The molecule has 2 N–H and O–H groups in total. The van der Waals surface area contributed by atoms with E-state index in [0.717, 1.165) is 17.7 Å². The Balaban J connectivity index is 1.16. The van der Waals surface area contributed by atoms with Crippen molar-refractivity contribution in [2.45, 2.75) is 38.6 Å². The molecule has 12 heteroatoms. The SMILES string of the molecule is Cc1nn(-c2ncccn2)cc1C(=O)N1CC2C(C1)C2Oc1cc(C(C)(C)N)cc(-c2ccc(C(F)(F)F)cc2)n1. The van der Waals surface area contributed by atoms with E-state index in [4.69, 9.17) is 10.5 Å². The molecule has 1 saturated carbocycles. The Hall–Kier alpha value is -4.32. The summed E-state index contributed by atoms with van der Waals surface area (Å²) in [6.07, 6.45) is 0.332. The molecule has 0 radical (unpaired) electrons. The van der Waals surface area contributed by atoms with E-state index in [-0.39, 0.29) is 23.8 Å². The summed E-state index contributed by atoms with van der Waals surface area (Å²) in [7, 11) is 0. The molecule has 2 unspecified atom stereocenters. The molecule has 1 saturated heterocycles. The minimum atomic E-state index is -4.42. The molecule has 1 amide bonds. The molecule has 1 aromatic carbocycles. The van der Waals surface area contributed by atoms with E-state index in [2.05, 4.69) is 20.1 Å². The number of halogens is 3. The van der Waals surface area contributed by atoms with Crippen molar-refractivity contribution in [3.63, 3.8) is 0 Å². The van der Waals surface area contributed by atoms with Crippen LogP contribution in [0, 0.1) is 18.8 Å². The maximum Gasteiger partial charge on any atom is 0.416 e. The number of amides is 1. The van der Waals surface area contributed by atoms with E-state index in [1.807, 2.05) is 13.8 Å². The van der Waals surface area contributed by atoms with Crippen molar-refractivity contribution >= 4 is 5.91 Å². The molecular weight excluding hydrogens is 535 g/mol. The molecule has 4 aromatic rings. The predicted octanol–water partition coefficient (Wildman–Crippen LogP) is 4.39. The van der Waals surface area contributed by atoms with Crippen LogP contribution in [0.2, 0.25) is 0 Å². The molecule has 41 heavy (non-hydrogen) atoms. The number of fused-ring (bicyclic) bond motifs is 1. The first-order valence-electron chi connectivity index (χ1n) is 13.2. The number of rotatable bonds is 6. The summed E-state index contributed by atoms with van der Waals surface area (Å²) in [4.78, 5) is 28.0. The minimum Gasteiger partial charge on any atom is -0.474 e. The second kappa shape index (κ2) is 9.65. The molecule has 1 aliphatic heterocycles. The number of pyridine rings is 1. The summed E-state index contributed by atoms with van der Waals surface area (Å²) < 4.78 is 46.9. The zero-order valence-corrected chi connectivity index (χ0v) is 22.6. The minimum absolute atomic E-state index is 0.106. The highest BCUT2D eigenvalue weighted by Gasteiger charge is 2.59. The van der Waals surface area contributed by atoms with Crippen LogP contribution in [0.4, 0.5) is 13.2 Å². The van der Waals surface area contributed by atoms with Crippen molar-refractivity contribution < 1.29 is 22.7 Å². The summed E-state index contributed by atoms with van der Waals surface area (Å²) in [6.45, 7) is 6.53. The Morgan fingerprint density at radius 3 is 2.29 bits per heavy atom. The Bertz CT molecular complexity index is 1590. The molecule has 2 fully saturated rings. The van der Waals surface area contributed by atoms with E-state index in [9.17, 15) is 18.0 Å². The third kappa shape index (κ3) is 5.26. The zero-order chi connectivity index (χ0) is 29.1. The van der Waals surface area contributed by atoms with Crippen molar-refractivity contribution in [3.05, 3.63) is 83.4 Å². The van der Waals surface area contributed by atoms with Gasteiger partial charge in [0.25, 0.3) is 5.91 Å². The van der Waals surface area contributed by atoms with Crippen LogP contribution in [0.1, 0.15) is 41.0 Å². The molecule has 6 rings (SSSR count). The quantitative estimate of drug-likeness (QED) is 0.370. The van der Waals surface area contributed by atoms with Gasteiger partial charge in [0, 0.05) is 60.7 Å². The van der Waals surface area contributed by atoms with E-state index in [1.54, 1.807) is 48.6 Å². The monoisotopic (exact) mass is 563 g/mol. The van der Waals surface area contributed by atoms with Crippen molar-refractivity contribution in [1.82, 2.24) is 29.6 Å². The van der Waals surface area contributed by atoms with Crippen molar-refractivity contribution in [2.75, 3.05) is 13.1 Å². The van der Waals surface area contributed by atoms with Crippen LogP contribution in [-0.2, 0) is 11.7 Å². The van der Waals surface area contributed by atoms with Crippen LogP contribution in [0.25, 0.3) is 17.2 Å². The van der Waals surface area contributed by atoms with Gasteiger partial charge in [0.05, 0.1) is 22.5 Å². The predicted molar refractivity (Wildman–Crippen MR) is 143 cm³/mol. The molecule has 3 aromatic heterocycles.